The minimum atomic E-state index is -1.16. The molecule has 31 heavy (non-hydrogen) atoms. The number of carbonyl (C=O) groups excluding carboxylic acids is 1. The van der Waals surface area contributed by atoms with Gasteiger partial charge in [-0.05, 0) is 50.3 Å². The van der Waals surface area contributed by atoms with Crippen LogP contribution in [0.2, 0.25) is 0 Å². The van der Waals surface area contributed by atoms with Gasteiger partial charge < -0.3 is 31.5 Å². The summed E-state index contributed by atoms with van der Waals surface area (Å²) in [5.74, 6) is -0.781. The summed E-state index contributed by atoms with van der Waals surface area (Å²) in [7, 11) is 1.55. The van der Waals surface area contributed by atoms with Crippen LogP contribution in [-0.2, 0) is 0 Å². The molecule has 1 saturated carbocycles. The molecule has 2 amide bonds. The second kappa shape index (κ2) is 9.07. The van der Waals surface area contributed by atoms with Gasteiger partial charge in [0.1, 0.15) is 11.6 Å². The van der Waals surface area contributed by atoms with Crippen LogP contribution < -0.4 is 26.4 Å². The Labute approximate surface area is 179 Å². The minimum Gasteiger partial charge on any atom is -0.496 e. The highest BCUT2D eigenvalue weighted by molar-refractivity contribution is 5.98. The quantitative estimate of drug-likeness (QED) is 0.411. The van der Waals surface area contributed by atoms with Crippen LogP contribution >= 0.6 is 0 Å². The number of hydrogen-bond acceptors (Lipinski definition) is 6. The van der Waals surface area contributed by atoms with Crippen molar-refractivity contribution in [1.29, 1.82) is 0 Å². The van der Waals surface area contributed by atoms with Crippen LogP contribution in [-0.4, -0.2) is 41.3 Å². The molecule has 1 aromatic carbocycles. The molecule has 0 spiro atoms. The number of aromatic nitrogens is 1. The number of amides is 2. The first-order chi connectivity index (χ1) is 14.7. The molecule has 6 N–H and O–H groups in total. The van der Waals surface area contributed by atoms with Crippen molar-refractivity contribution in [3.8, 4) is 5.75 Å². The average molecular weight is 431 g/mol. The number of anilines is 3. The zero-order valence-electron chi connectivity index (χ0n) is 17.5. The lowest BCUT2D eigenvalue weighted by atomic mass is 10.0. The fourth-order valence-corrected chi connectivity index (χ4v) is 3.46. The number of methoxy groups -OCH3 is 1. The van der Waals surface area contributed by atoms with E-state index < -0.39 is 23.9 Å². The van der Waals surface area contributed by atoms with E-state index in [9.17, 15) is 14.0 Å². The number of benzene rings is 1. The Morgan fingerprint density at radius 3 is 2.58 bits per heavy atom. The molecule has 1 heterocycles. The molecule has 2 atom stereocenters. The average Bonchev–Trinajstić information content (AvgIpc) is 3.53. The fraction of sp³-hybridized carbons (Fsp3) is 0.381. The maximum atomic E-state index is 14.8. The number of hydrogen-bond donors (Lipinski definition) is 5. The van der Waals surface area contributed by atoms with E-state index in [-0.39, 0.29) is 29.2 Å². The van der Waals surface area contributed by atoms with Gasteiger partial charge in [0.15, 0.2) is 11.6 Å². The first kappa shape index (κ1) is 22.1. The van der Waals surface area contributed by atoms with Gasteiger partial charge in [0.05, 0.1) is 18.7 Å². The highest BCUT2D eigenvalue weighted by Crippen LogP contribution is 2.36. The lowest BCUT2D eigenvalue weighted by Gasteiger charge is -2.26. The van der Waals surface area contributed by atoms with Crippen molar-refractivity contribution in [3.05, 3.63) is 41.2 Å². The van der Waals surface area contributed by atoms with Crippen LogP contribution in [0.3, 0.4) is 0 Å². The molecule has 0 bridgehead atoms. The molecule has 0 aliphatic heterocycles. The highest BCUT2D eigenvalue weighted by atomic mass is 19.1. The zero-order chi connectivity index (χ0) is 22.7. The summed E-state index contributed by atoms with van der Waals surface area (Å²) in [6, 6.07) is 5.52. The molecule has 0 unspecified atom stereocenters. The summed E-state index contributed by atoms with van der Waals surface area (Å²) in [5.41, 5.74) is 6.81. The Kier molecular flexibility index (Phi) is 6.47. The Morgan fingerprint density at radius 2 is 2.00 bits per heavy atom. The summed E-state index contributed by atoms with van der Waals surface area (Å²) in [6.45, 7) is 3.59. The smallest absolute Gasteiger partial charge is 0.404 e. The molecule has 166 valence electrons. The van der Waals surface area contributed by atoms with Crippen LogP contribution in [0.5, 0.6) is 5.75 Å². The van der Waals surface area contributed by atoms with Crippen LogP contribution in [0, 0.1) is 18.7 Å². The topological polar surface area (TPSA) is 139 Å². The summed E-state index contributed by atoms with van der Waals surface area (Å²) in [6.07, 6.45) is 0.644. The molecule has 0 saturated heterocycles. The summed E-state index contributed by atoms with van der Waals surface area (Å²) < 4.78 is 20.1. The zero-order valence-corrected chi connectivity index (χ0v) is 17.5. The number of pyridine rings is 1. The third-order valence-electron chi connectivity index (χ3n) is 5.24. The molecule has 2 aromatic rings. The highest BCUT2D eigenvalue weighted by Gasteiger charge is 2.36. The number of primary amides is 1. The van der Waals surface area contributed by atoms with E-state index in [0.29, 0.717) is 11.4 Å². The third-order valence-corrected chi connectivity index (χ3v) is 5.24. The summed E-state index contributed by atoms with van der Waals surface area (Å²) in [4.78, 5) is 27.2. The minimum absolute atomic E-state index is 0.0794. The molecule has 1 aliphatic carbocycles. The van der Waals surface area contributed by atoms with Gasteiger partial charge in [0.2, 0.25) is 0 Å². The lowest BCUT2D eigenvalue weighted by molar-refractivity contribution is 0.100. The second-order valence-electron chi connectivity index (χ2n) is 7.63. The number of halogens is 1. The standard InChI is InChI=1S/C21H26FN5O4/c1-10-4-7-13(8-16(10)31-3)25-19-14(18(23)28)9-15(22)20(27-19)26-17(12-5-6-12)11(2)24-21(29)30/h4,7-9,11-12,17,24H,5-6H2,1-3H3,(H2,23,28)(H,29,30)(H2,25,26,27)/t11-,17+/m0/s1. The molecular weight excluding hydrogens is 405 g/mol. The Hall–Kier alpha value is -3.56. The monoisotopic (exact) mass is 431 g/mol. The van der Waals surface area contributed by atoms with E-state index in [1.807, 2.05) is 13.0 Å². The first-order valence-electron chi connectivity index (χ1n) is 9.87. The molecule has 1 fully saturated rings. The third kappa shape index (κ3) is 5.33. The number of rotatable bonds is 9. The number of carbonyl (C=O) groups is 2. The second-order valence-corrected chi connectivity index (χ2v) is 7.63. The van der Waals surface area contributed by atoms with Crippen LogP contribution in [0.15, 0.2) is 24.3 Å². The Morgan fingerprint density at radius 1 is 1.29 bits per heavy atom. The molecule has 1 aliphatic rings. The van der Waals surface area contributed by atoms with Crippen molar-refractivity contribution in [2.24, 2.45) is 11.7 Å². The summed E-state index contributed by atoms with van der Waals surface area (Å²) in [5, 5.41) is 17.4. The Balaban J connectivity index is 1.93. The summed E-state index contributed by atoms with van der Waals surface area (Å²) >= 11 is 0. The predicted molar refractivity (Wildman–Crippen MR) is 114 cm³/mol. The lowest BCUT2D eigenvalue weighted by Crippen LogP contribution is -2.45. The van der Waals surface area contributed by atoms with E-state index in [1.54, 1.807) is 26.2 Å². The van der Waals surface area contributed by atoms with E-state index >= 15 is 0 Å². The molecule has 10 heteroatoms. The van der Waals surface area contributed by atoms with E-state index in [4.69, 9.17) is 15.6 Å². The van der Waals surface area contributed by atoms with Gasteiger partial charge in [-0.15, -0.1) is 0 Å². The van der Waals surface area contributed by atoms with Crippen molar-refractivity contribution in [2.75, 3.05) is 17.7 Å². The maximum Gasteiger partial charge on any atom is 0.404 e. The number of carboxylic acid groups (broad SMARTS) is 1. The predicted octanol–water partition coefficient (Wildman–Crippen LogP) is 3.23. The fourth-order valence-electron chi connectivity index (χ4n) is 3.46. The van der Waals surface area contributed by atoms with E-state index in [2.05, 4.69) is 20.9 Å². The largest absolute Gasteiger partial charge is 0.496 e. The normalized spacial score (nSPS) is 15.0. The van der Waals surface area contributed by atoms with Crippen LogP contribution in [0.4, 0.5) is 26.5 Å². The number of nitrogens with two attached hydrogens (primary N) is 1. The van der Waals surface area contributed by atoms with Gasteiger partial charge in [-0.2, -0.15) is 0 Å². The van der Waals surface area contributed by atoms with Gasteiger partial charge in [0, 0.05) is 17.8 Å². The van der Waals surface area contributed by atoms with E-state index in [0.717, 1.165) is 24.5 Å². The van der Waals surface area contributed by atoms with Gasteiger partial charge in [-0.25, -0.2) is 14.2 Å². The van der Waals surface area contributed by atoms with Crippen molar-refractivity contribution in [1.82, 2.24) is 10.3 Å². The van der Waals surface area contributed by atoms with Crippen LogP contribution in [0.25, 0.3) is 0 Å². The molecule has 1 aromatic heterocycles. The van der Waals surface area contributed by atoms with Gasteiger partial charge in [-0.1, -0.05) is 6.07 Å². The number of nitrogens with one attached hydrogen (secondary N) is 3. The van der Waals surface area contributed by atoms with Gasteiger partial charge in [-0.3, -0.25) is 4.79 Å². The van der Waals surface area contributed by atoms with Crippen molar-refractivity contribution >= 4 is 29.3 Å². The number of ether oxygens (including phenoxy) is 1. The molecule has 3 rings (SSSR count). The Bertz CT molecular complexity index is 996. The van der Waals surface area contributed by atoms with E-state index in [1.165, 1.54) is 0 Å². The van der Waals surface area contributed by atoms with Crippen molar-refractivity contribution < 1.29 is 23.8 Å². The van der Waals surface area contributed by atoms with Crippen molar-refractivity contribution in [3.63, 3.8) is 0 Å². The molecule has 9 nitrogen and oxygen atoms in total. The maximum absolute atomic E-state index is 14.8. The SMILES string of the molecule is COc1cc(Nc2nc(N[C@@H](C3CC3)[C@H](C)NC(=O)O)c(F)cc2C(N)=O)ccc1C. The first-order valence-corrected chi connectivity index (χ1v) is 9.87. The number of nitrogens with zero attached hydrogens (tertiary/aromatic N) is 1. The van der Waals surface area contributed by atoms with Crippen LogP contribution in [0.1, 0.15) is 35.7 Å². The number of aryl methyl sites for hydroxylation is 1. The van der Waals surface area contributed by atoms with Crippen molar-refractivity contribution in [2.45, 2.75) is 38.8 Å². The molecular formula is C21H26FN5O4. The van der Waals surface area contributed by atoms with Gasteiger partial charge >= 0.3 is 6.09 Å². The molecule has 0 radical (unpaired) electrons. The van der Waals surface area contributed by atoms with Gasteiger partial charge in [0.25, 0.3) is 5.91 Å².